The summed E-state index contributed by atoms with van der Waals surface area (Å²) in [7, 11) is 1.58. The van der Waals surface area contributed by atoms with Gasteiger partial charge in [-0.2, -0.15) is 0 Å². The number of nitrogens with zero attached hydrogens (tertiary/aromatic N) is 2. The molecule has 8 heteroatoms. The van der Waals surface area contributed by atoms with Crippen molar-refractivity contribution in [2.45, 2.75) is 12.8 Å². The topological polar surface area (TPSA) is 88.2 Å². The lowest BCUT2D eigenvalue weighted by Crippen LogP contribution is -2.33. The number of nitrogens with one attached hydrogen (secondary N) is 3. The van der Waals surface area contributed by atoms with Gasteiger partial charge in [-0.25, -0.2) is 4.98 Å². The summed E-state index contributed by atoms with van der Waals surface area (Å²) >= 11 is 1.62. The van der Waals surface area contributed by atoms with Crippen LogP contribution in [0.2, 0.25) is 0 Å². The first-order chi connectivity index (χ1) is 13.7. The van der Waals surface area contributed by atoms with E-state index < -0.39 is 0 Å². The molecule has 1 aliphatic heterocycles. The average molecular weight is 398 g/mol. The van der Waals surface area contributed by atoms with Gasteiger partial charge in [-0.3, -0.25) is 9.78 Å². The van der Waals surface area contributed by atoms with Gasteiger partial charge >= 0.3 is 0 Å². The number of aromatic nitrogens is 2. The van der Waals surface area contributed by atoms with Crippen molar-refractivity contribution in [2.75, 3.05) is 32.0 Å². The number of hydrogen-bond acceptors (Lipinski definition) is 7. The lowest BCUT2D eigenvalue weighted by atomic mass is 10.00. The van der Waals surface area contributed by atoms with Crippen molar-refractivity contribution in [1.29, 1.82) is 0 Å². The van der Waals surface area contributed by atoms with Crippen molar-refractivity contribution in [3.8, 4) is 11.5 Å². The first kappa shape index (κ1) is 18.6. The maximum atomic E-state index is 11.7. The molecule has 28 heavy (non-hydrogen) atoms. The number of ether oxygens (including phenoxy) is 1. The molecule has 4 rings (SSSR count). The minimum Gasteiger partial charge on any atom is -0.457 e. The van der Waals surface area contributed by atoms with Gasteiger partial charge in [0.15, 0.2) is 5.13 Å². The fraction of sp³-hybridized carbons (Fsp3) is 0.350. The standard InChI is InChI=1S/C20H23N5O2S/c1-21-19(26)17-9-15(6-8-23-17)27-14-4-5-16-18(10-14)28-20(25-16)24-12-13-3-2-7-22-11-13/h4-6,8-10,13,22H,2-3,7,11-12H2,1H3,(H,21,26)(H,24,25). The molecule has 0 saturated carbocycles. The Balaban J connectivity index is 1.45. The Morgan fingerprint density at radius 1 is 1.32 bits per heavy atom. The fourth-order valence-corrected chi connectivity index (χ4v) is 4.14. The van der Waals surface area contributed by atoms with E-state index in [0.717, 1.165) is 35.0 Å². The first-order valence-corrected chi connectivity index (χ1v) is 10.2. The number of pyridine rings is 1. The quantitative estimate of drug-likeness (QED) is 0.592. The molecule has 0 bridgehead atoms. The molecule has 0 radical (unpaired) electrons. The molecule has 0 aliphatic carbocycles. The van der Waals surface area contributed by atoms with Crippen LogP contribution in [0.1, 0.15) is 23.3 Å². The molecule has 7 nitrogen and oxygen atoms in total. The Labute approximate surface area is 167 Å². The van der Waals surface area contributed by atoms with Crippen molar-refractivity contribution in [1.82, 2.24) is 20.6 Å². The van der Waals surface area contributed by atoms with Gasteiger partial charge < -0.3 is 20.7 Å². The van der Waals surface area contributed by atoms with Crippen LogP contribution in [0.4, 0.5) is 5.13 Å². The van der Waals surface area contributed by atoms with Crippen LogP contribution < -0.4 is 20.7 Å². The monoisotopic (exact) mass is 397 g/mol. The molecule has 1 aliphatic rings. The maximum absolute atomic E-state index is 11.7. The van der Waals surface area contributed by atoms with Gasteiger partial charge in [0.25, 0.3) is 5.91 Å². The minimum atomic E-state index is -0.243. The SMILES string of the molecule is CNC(=O)c1cc(Oc2ccc3nc(NCC4CCCNC4)sc3c2)ccn1. The molecular formula is C20H23N5O2S. The van der Waals surface area contributed by atoms with Crippen LogP contribution in [-0.2, 0) is 0 Å². The van der Waals surface area contributed by atoms with Crippen LogP contribution in [0.15, 0.2) is 36.5 Å². The average Bonchev–Trinajstić information content (AvgIpc) is 3.15. The number of piperidine rings is 1. The molecule has 1 fully saturated rings. The summed E-state index contributed by atoms with van der Waals surface area (Å²) in [6, 6.07) is 9.17. The molecule has 2 aromatic heterocycles. The number of hydrogen-bond donors (Lipinski definition) is 3. The normalized spacial score (nSPS) is 16.7. The molecule has 1 saturated heterocycles. The first-order valence-electron chi connectivity index (χ1n) is 9.42. The molecule has 146 valence electrons. The van der Waals surface area contributed by atoms with Crippen molar-refractivity contribution in [3.05, 3.63) is 42.2 Å². The molecule has 1 aromatic carbocycles. The summed E-state index contributed by atoms with van der Waals surface area (Å²) < 4.78 is 6.97. The van der Waals surface area contributed by atoms with E-state index >= 15 is 0 Å². The summed E-state index contributed by atoms with van der Waals surface area (Å²) in [5.74, 6) is 1.68. The van der Waals surface area contributed by atoms with Crippen LogP contribution in [0.5, 0.6) is 11.5 Å². The number of thiazole rings is 1. The minimum absolute atomic E-state index is 0.243. The van der Waals surface area contributed by atoms with Gasteiger partial charge in [0, 0.05) is 31.9 Å². The summed E-state index contributed by atoms with van der Waals surface area (Å²) in [6.45, 7) is 3.14. The van der Waals surface area contributed by atoms with Crippen molar-refractivity contribution < 1.29 is 9.53 Å². The van der Waals surface area contributed by atoms with Crippen LogP contribution in [0.25, 0.3) is 10.2 Å². The largest absolute Gasteiger partial charge is 0.457 e. The number of fused-ring (bicyclic) bond motifs is 1. The van der Waals surface area contributed by atoms with Gasteiger partial charge in [0.1, 0.15) is 17.2 Å². The Hall–Kier alpha value is -2.71. The van der Waals surface area contributed by atoms with Gasteiger partial charge in [-0.1, -0.05) is 11.3 Å². The highest BCUT2D eigenvalue weighted by molar-refractivity contribution is 7.22. The summed E-state index contributed by atoms with van der Waals surface area (Å²) in [4.78, 5) is 20.4. The second kappa shape index (κ2) is 8.53. The van der Waals surface area contributed by atoms with Gasteiger partial charge in [-0.05, 0) is 50.0 Å². The molecular weight excluding hydrogens is 374 g/mol. The second-order valence-corrected chi connectivity index (χ2v) is 7.83. The van der Waals surface area contributed by atoms with Crippen molar-refractivity contribution >= 4 is 32.6 Å². The Bertz CT molecular complexity index is 968. The van der Waals surface area contributed by atoms with Crippen LogP contribution in [-0.4, -0.2) is 42.6 Å². The van der Waals surface area contributed by atoms with E-state index in [1.807, 2.05) is 18.2 Å². The van der Waals surface area contributed by atoms with Crippen molar-refractivity contribution in [2.24, 2.45) is 5.92 Å². The zero-order valence-electron chi connectivity index (χ0n) is 15.7. The highest BCUT2D eigenvalue weighted by Gasteiger charge is 2.14. The predicted molar refractivity (Wildman–Crippen MR) is 111 cm³/mol. The van der Waals surface area contributed by atoms with E-state index in [9.17, 15) is 4.79 Å². The molecule has 3 aromatic rings. The van der Waals surface area contributed by atoms with E-state index in [2.05, 4.69) is 25.9 Å². The number of anilines is 1. The molecule has 1 amide bonds. The highest BCUT2D eigenvalue weighted by atomic mass is 32.1. The predicted octanol–water partition coefficient (Wildman–Crippen LogP) is 3.25. The van der Waals surface area contributed by atoms with Gasteiger partial charge in [-0.15, -0.1) is 0 Å². The van der Waals surface area contributed by atoms with E-state index in [0.29, 0.717) is 23.1 Å². The maximum Gasteiger partial charge on any atom is 0.269 e. The summed E-state index contributed by atoms with van der Waals surface area (Å²) in [6.07, 6.45) is 4.06. The van der Waals surface area contributed by atoms with E-state index in [4.69, 9.17) is 4.74 Å². The van der Waals surface area contributed by atoms with E-state index in [-0.39, 0.29) is 5.91 Å². The lowest BCUT2D eigenvalue weighted by Gasteiger charge is -2.22. The van der Waals surface area contributed by atoms with E-state index in [1.165, 1.54) is 12.8 Å². The molecule has 3 heterocycles. The smallest absolute Gasteiger partial charge is 0.269 e. The second-order valence-electron chi connectivity index (χ2n) is 6.80. The van der Waals surface area contributed by atoms with E-state index in [1.54, 1.807) is 36.7 Å². The summed E-state index contributed by atoms with van der Waals surface area (Å²) in [5.41, 5.74) is 1.27. The number of amides is 1. The molecule has 3 N–H and O–H groups in total. The van der Waals surface area contributed by atoms with Crippen molar-refractivity contribution in [3.63, 3.8) is 0 Å². The van der Waals surface area contributed by atoms with Crippen LogP contribution in [0.3, 0.4) is 0 Å². The lowest BCUT2D eigenvalue weighted by molar-refractivity contribution is 0.0958. The van der Waals surface area contributed by atoms with Crippen LogP contribution >= 0.6 is 11.3 Å². The number of carbonyl (C=O) groups is 1. The third-order valence-electron chi connectivity index (χ3n) is 4.73. The zero-order valence-corrected chi connectivity index (χ0v) is 16.5. The van der Waals surface area contributed by atoms with Crippen LogP contribution in [0, 0.1) is 5.92 Å². The Morgan fingerprint density at radius 3 is 3.04 bits per heavy atom. The number of carbonyl (C=O) groups excluding carboxylic acids is 1. The molecule has 1 unspecified atom stereocenters. The molecule has 0 spiro atoms. The fourth-order valence-electron chi connectivity index (χ4n) is 3.24. The Morgan fingerprint density at radius 2 is 2.21 bits per heavy atom. The summed E-state index contributed by atoms with van der Waals surface area (Å²) in [5, 5.41) is 10.4. The molecule has 1 atom stereocenters. The number of rotatable bonds is 6. The van der Waals surface area contributed by atoms with Gasteiger partial charge in [0.05, 0.1) is 10.2 Å². The zero-order chi connectivity index (χ0) is 19.3. The third kappa shape index (κ3) is 4.40. The van der Waals surface area contributed by atoms with Gasteiger partial charge in [0.2, 0.25) is 0 Å². The highest BCUT2D eigenvalue weighted by Crippen LogP contribution is 2.31. The third-order valence-corrected chi connectivity index (χ3v) is 5.70. The number of benzene rings is 1. The Kier molecular flexibility index (Phi) is 5.68.